The summed E-state index contributed by atoms with van der Waals surface area (Å²) in [5.74, 6) is -2.76. The standard InChI is InChI=1S/C26H23BrF3N3O3/c1-16(34)31-10-12-32(13-11-31)25-21(29)14-19-24(23(25)30)33(9-8-28)15-20(26(19)36)22(35)7-4-17-2-5-18(27)6-3-17/h2-7,14-15H,8-13H2,1H3. The van der Waals surface area contributed by atoms with Gasteiger partial charge in [-0.3, -0.25) is 14.4 Å². The van der Waals surface area contributed by atoms with Gasteiger partial charge in [-0.05, 0) is 29.8 Å². The zero-order valence-corrected chi connectivity index (χ0v) is 21.0. The number of allylic oxidation sites excluding steroid dienone is 1. The number of amides is 1. The number of aryl methyl sites for hydroxylation is 1. The minimum atomic E-state index is -1.00. The number of ketones is 1. The van der Waals surface area contributed by atoms with Gasteiger partial charge in [-0.1, -0.05) is 34.1 Å². The first-order valence-corrected chi connectivity index (χ1v) is 12.1. The van der Waals surface area contributed by atoms with Crippen molar-refractivity contribution in [3.05, 3.63) is 80.1 Å². The van der Waals surface area contributed by atoms with Gasteiger partial charge >= 0.3 is 0 Å². The van der Waals surface area contributed by atoms with E-state index in [1.54, 1.807) is 29.2 Å². The number of fused-ring (bicyclic) bond motifs is 1. The van der Waals surface area contributed by atoms with Crippen LogP contribution in [0.3, 0.4) is 0 Å². The zero-order chi connectivity index (χ0) is 26.0. The number of anilines is 1. The molecule has 2 heterocycles. The van der Waals surface area contributed by atoms with Gasteiger partial charge in [-0.2, -0.15) is 0 Å². The molecular weight excluding hydrogens is 539 g/mol. The van der Waals surface area contributed by atoms with Crippen molar-refractivity contribution < 1.29 is 22.8 Å². The largest absolute Gasteiger partial charge is 0.363 e. The third kappa shape index (κ3) is 5.09. The van der Waals surface area contributed by atoms with Crippen LogP contribution in [0, 0.1) is 11.6 Å². The molecule has 1 amide bonds. The second kappa shape index (κ2) is 10.7. The molecule has 6 nitrogen and oxygen atoms in total. The van der Waals surface area contributed by atoms with E-state index in [1.165, 1.54) is 24.0 Å². The predicted molar refractivity (Wildman–Crippen MR) is 136 cm³/mol. The van der Waals surface area contributed by atoms with Crippen LogP contribution in [0.25, 0.3) is 17.0 Å². The molecule has 1 fully saturated rings. The fraction of sp³-hybridized carbons (Fsp3) is 0.269. The van der Waals surface area contributed by atoms with Crippen LogP contribution >= 0.6 is 15.9 Å². The number of rotatable bonds is 6. The molecule has 3 aromatic rings. The number of pyridine rings is 1. The van der Waals surface area contributed by atoms with Crippen LogP contribution < -0.4 is 10.3 Å². The Kier molecular flexibility index (Phi) is 7.63. The van der Waals surface area contributed by atoms with Crippen LogP contribution in [0.15, 0.2) is 51.9 Å². The van der Waals surface area contributed by atoms with Crippen LogP contribution in [0.2, 0.25) is 0 Å². The summed E-state index contributed by atoms with van der Waals surface area (Å²) in [5.41, 5.74) is -1.05. The molecule has 1 saturated heterocycles. The first-order valence-electron chi connectivity index (χ1n) is 11.3. The van der Waals surface area contributed by atoms with Crippen molar-refractivity contribution in [3.8, 4) is 0 Å². The van der Waals surface area contributed by atoms with E-state index in [2.05, 4.69) is 15.9 Å². The lowest BCUT2D eigenvalue weighted by molar-refractivity contribution is -0.129. The molecule has 10 heteroatoms. The first-order chi connectivity index (χ1) is 17.2. The molecule has 188 valence electrons. The Balaban J connectivity index is 1.77. The Labute approximate surface area is 213 Å². The number of hydrogen-bond donors (Lipinski definition) is 0. The Hall–Kier alpha value is -3.40. The van der Waals surface area contributed by atoms with E-state index < -0.39 is 29.5 Å². The molecule has 36 heavy (non-hydrogen) atoms. The maximum Gasteiger partial charge on any atom is 0.219 e. The first kappa shape index (κ1) is 25.7. The summed E-state index contributed by atoms with van der Waals surface area (Å²) in [5, 5.41) is -0.340. The second-order valence-corrected chi connectivity index (χ2v) is 9.33. The van der Waals surface area contributed by atoms with Crippen LogP contribution in [0.5, 0.6) is 0 Å². The molecule has 0 atom stereocenters. The van der Waals surface area contributed by atoms with E-state index in [0.29, 0.717) is 18.7 Å². The maximum absolute atomic E-state index is 15.7. The Morgan fingerprint density at radius 3 is 2.36 bits per heavy atom. The number of aromatic nitrogens is 1. The minimum Gasteiger partial charge on any atom is -0.363 e. The van der Waals surface area contributed by atoms with Gasteiger partial charge in [0.15, 0.2) is 11.6 Å². The monoisotopic (exact) mass is 561 g/mol. The number of hydrogen-bond acceptors (Lipinski definition) is 4. The van der Waals surface area contributed by atoms with E-state index >= 15 is 8.78 Å². The lowest BCUT2D eigenvalue weighted by Crippen LogP contribution is -2.48. The number of piperazine rings is 1. The summed E-state index contributed by atoms with van der Waals surface area (Å²) in [6.45, 7) is 1.20. The summed E-state index contributed by atoms with van der Waals surface area (Å²) in [6.07, 6.45) is 3.83. The molecule has 0 saturated carbocycles. The van der Waals surface area contributed by atoms with Crippen LogP contribution in [-0.2, 0) is 11.3 Å². The highest BCUT2D eigenvalue weighted by atomic mass is 79.9. The summed E-state index contributed by atoms with van der Waals surface area (Å²) < 4.78 is 46.3. The summed E-state index contributed by atoms with van der Waals surface area (Å²) in [7, 11) is 0. The lowest BCUT2D eigenvalue weighted by Gasteiger charge is -2.36. The van der Waals surface area contributed by atoms with Crippen LogP contribution in [0.1, 0.15) is 22.8 Å². The average Bonchev–Trinajstić information content (AvgIpc) is 2.85. The molecule has 0 bridgehead atoms. The van der Waals surface area contributed by atoms with Gasteiger partial charge in [0.1, 0.15) is 18.2 Å². The summed E-state index contributed by atoms with van der Waals surface area (Å²) in [4.78, 5) is 40.6. The molecule has 0 N–H and O–H groups in total. The Morgan fingerprint density at radius 1 is 1.08 bits per heavy atom. The number of nitrogens with zero attached hydrogens (tertiary/aromatic N) is 3. The fourth-order valence-corrected chi connectivity index (χ4v) is 4.55. The van der Waals surface area contributed by atoms with Crippen LogP contribution in [0.4, 0.5) is 18.9 Å². The van der Waals surface area contributed by atoms with Crippen LogP contribution in [-0.4, -0.2) is 54.0 Å². The Morgan fingerprint density at radius 2 is 1.75 bits per heavy atom. The van der Waals surface area contributed by atoms with Gasteiger partial charge in [-0.15, -0.1) is 0 Å². The summed E-state index contributed by atoms with van der Waals surface area (Å²) >= 11 is 3.32. The van der Waals surface area contributed by atoms with Crippen molar-refractivity contribution >= 4 is 50.3 Å². The van der Waals surface area contributed by atoms with Crippen molar-refractivity contribution in [1.29, 1.82) is 0 Å². The van der Waals surface area contributed by atoms with Crippen molar-refractivity contribution in [2.75, 3.05) is 37.8 Å². The average molecular weight is 562 g/mol. The van der Waals surface area contributed by atoms with Gasteiger partial charge in [0.25, 0.3) is 0 Å². The Bertz CT molecular complexity index is 1410. The third-order valence-electron chi connectivity index (χ3n) is 6.16. The molecule has 0 spiro atoms. The smallest absolute Gasteiger partial charge is 0.219 e. The SMILES string of the molecule is CC(=O)N1CCN(c2c(F)cc3c(=O)c(C(=O)C=Cc4ccc(Br)cc4)cn(CCF)c3c2F)CC1. The fourth-order valence-electron chi connectivity index (χ4n) is 4.29. The van der Waals surface area contributed by atoms with E-state index in [9.17, 15) is 18.8 Å². The number of benzene rings is 2. The van der Waals surface area contributed by atoms with Gasteiger partial charge < -0.3 is 14.4 Å². The highest BCUT2D eigenvalue weighted by molar-refractivity contribution is 9.10. The summed E-state index contributed by atoms with van der Waals surface area (Å²) in [6, 6.07) is 8.00. The van der Waals surface area contributed by atoms with Crippen molar-refractivity contribution in [1.82, 2.24) is 9.47 Å². The van der Waals surface area contributed by atoms with E-state index in [4.69, 9.17) is 0 Å². The van der Waals surface area contributed by atoms with Crippen molar-refractivity contribution in [3.63, 3.8) is 0 Å². The highest BCUT2D eigenvalue weighted by Crippen LogP contribution is 2.31. The zero-order valence-electron chi connectivity index (χ0n) is 19.4. The number of carbonyl (C=O) groups excluding carboxylic acids is 2. The number of halogens is 4. The molecule has 1 aromatic heterocycles. The molecule has 4 rings (SSSR count). The molecule has 0 aliphatic carbocycles. The normalized spacial score (nSPS) is 14.1. The topological polar surface area (TPSA) is 62.6 Å². The lowest BCUT2D eigenvalue weighted by atomic mass is 10.0. The second-order valence-electron chi connectivity index (χ2n) is 8.41. The number of carbonyl (C=O) groups is 2. The molecule has 0 radical (unpaired) electrons. The molecule has 0 unspecified atom stereocenters. The van der Waals surface area contributed by atoms with Crippen molar-refractivity contribution in [2.24, 2.45) is 0 Å². The molecule has 2 aromatic carbocycles. The minimum absolute atomic E-state index is 0.128. The molecule has 1 aliphatic heterocycles. The van der Waals surface area contributed by atoms with Crippen molar-refractivity contribution in [2.45, 2.75) is 13.5 Å². The highest BCUT2D eigenvalue weighted by Gasteiger charge is 2.27. The predicted octanol–water partition coefficient (Wildman–Crippen LogP) is 4.58. The number of alkyl halides is 1. The third-order valence-corrected chi connectivity index (χ3v) is 6.69. The quantitative estimate of drug-likeness (QED) is 0.326. The van der Waals surface area contributed by atoms with Gasteiger partial charge in [0.05, 0.1) is 23.0 Å². The maximum atomic E-state index is 15.7. The molecule has 1 aliphatic rings. The van der Waals surface area contributed by atoms with E-state index in [1.807, 2.05) is 0 Å². The van der Waals surface area contributed by atoms with Gasteiger partial charge in [0, 0.05) is 43.8 Å². The molecular formula is C26H23BrF3N3O3. The van der Waals surface area contributed by atoms with Gasteiger partial charge in [-0.25, -0.2) is 13.2 Å². The van der Waals surface area contributed by atoms with Gasteiger partial charge in [0.2, 0.25) is 11.3 Å². The van der Waals surface area contributed by atoms with E-state index in [-0.39, 0.29) is 47.7 Å². The van der Waals surface area contributed by atoms with E-state index in [0.717, 1.165) is 21.3 Å².